The first-order chi connectivity index (χ1) is 8.22. The Morgan fingerprint density at radius 2 is 2.29 bits per heavy atom. The molecule has 2 N–H and O–H groups in total. The minimum absolute atomic E-state index is 0.0128. The molecule has 0 unspecified atom stereocenters. The van der Waals surface area contributed by atoms with E-state index in [1.165, 1.54) is 6.33 Å². The van der Waals surface area contributed by atoms with Crippen LogP contribution in [0, 0.1) is 0 Å². The Hall–Kier alpha value is -2.18. The Bertz CT molecular complexity index is 522. The zero-order valence-corrected chi connectivity index (χ0v) is 9.77. The molecule has 0 saturated carbocycles. The molecule has 2 aromatic heterocycles. The van der Waals surface area contributed by atoms with E-state index in [-0.39, 0.29) is 12.5 Å². The number of imidazole rings is 1. The third kappa shape index (κ3) is 2.32. The highest BCUT2D eigenvalue weighted by molar-refractivity contribution is 5.86. The quantitative estimate of drug-likeness (QED) is 0.791. The van der Waals surface area contributed by atoms with Crippen LogP contribution < -0.4 is 5.32 Å². The molecule has 0 spiro atoms. The van der Waals surface area contributed by atoms with E-state index >= 15 is 0 Å². The predicted molar refractivity (Wildman–Crippen MR) is 63.5 cm³/mol. The van der Waals surface area contributed by atoms with Crippen molar-refractivity contribution >= 4 is 22.9 Å². The second-order valence-electron chi connectivity index (χ2n) is 3.58. The first kappa shape index (κ1) is 11.3. The molecular weight excluding hydrogens is 220 g/mol. The average molecular weight is 234 g/mol. The van der Waals surface area contributed by atoms with Gasteiger partial charge in [0, 0.05) is 13.6 Å². The number of amides is 1. The standard InChI is InChI=1S/C10H14N6O/c1-3-16(2)7(17)4-11-9-8-10(13-5-12-8)15-6-14-9/h5-6H,3-4H2,1-2H3,(H2,11,12,13,14,15). The summed E-state index contributed by atoms with van der Waals surface area (Å²) >= 11 is 0. The van der Waals surface area contributed by atoms with Crippen LogP contribution in [0.4, 0.5) is 5.82 Å². The Labute approximate surface area is 98.3 Å². The summed E-state index contributed by atoms with van der Waals surface area (Å²) in [4.78, 5) is 28.3. The molecule has 0 bridgehead atoms. The van der Waals surface area contributed by atoms with Gasteiger partial charge in [-0.3, -0.25) is 4.79 Å². The van der Waals surface area contributed by atoms with E-state index in [0.29, 0.717) is 23.5 Å². The Morgan fingerprint density at radius 1 is 1.47 bits per heavy atom. The summed E-state index contributed by atoms with van der Waals surface area (Å²) in [6, 6.07) is 0. The maximum atomic E-state index is 11.6. The molecule has 90 valence electrons. The van der Waals surface area contributed by atoms with Crippen molar-refractivity contribution in [3.8, 4) is 0 Å². The number of hydrogen-bond donors (Lipinski definition) is 2. The van der Waals surface area contributed by atoms with E-state index in [1.807, 2.05) is 6.92 Å². The largest absolute Gasteiger partial charge is 0.359 e. The van der Waals surface area contributed by atoms with E-state index in [0.717, 1.165) is 0 Å². The van der Waals surface area contributed by atoms with Crippen molar-refractivity contribution in [2.45, 2.75) is 6.92 Å². The average Bonchev–Trinajstić information content (AvgIpc) is 2.83. The SMILES string of the molecule is CCN(C)C(=O)CNc1ncnc2nc[nH]c12. The molecule has 7 nitrogen and oxygen atoms in total. The lowest BCUT2D eigenvalue weighted by Gasteiger charge is -2.14. The van der Waals surface area contributed by atoms with Crippen LogP contribution in [0.1, 0.15) is 6.92 Å². The highest BCUT2D eigenvalue weighted by atomic mass is 16.2. The highest BCUT2D eigenvalue weighted by Crippen LogP contribution is 2.13. The van der Waals surface area contributed by atoms with Crippen molar-refractivity contribution in [2.24, 2.45) is 0 Å². The number of fused-ring (bicyclic) bond motifs is 1. The smallest absolute Gasteiger partial charge is 0.241 e. The zero-order valence-electron chi connectivity index (χ0n) is 9.77. The lowest BCUT2D eigenvalue weighted by molar-refractivity contribution is -0.127. The number of hydrogen-bond acceptors (Lipinski definition) is 5. The van der Waals surface area contributed by atoms with Gasteiger partial charge >= 0.3 is 0 Å². The second kappa shape index (κ2) is 4.77. The lowest BCUT2D eigenvalue weighted by atomic mass is 10.4. The molecule has 0 aliphatic carbocycles. The van der Waals surface area contributed by atoms with Crippen LogP contribution in [0.2, 0.25) is 0 Å². The number of anilines is 1. The van der Waals surface area contributed by atoms with E-state index in [1.54, 1.807) is 18.3 Å². The molecule has 0 atom stereocenters. The molecule has 0 aliphatic heterocycles. The van der Waals surface area contributed by atoms with Gasteiger partial charge < -0.3 is 15.2 Å². The third-order valence-corrected chi connectivity index (χ3v) is 2.53. The number of nitrogens with one attached hydrogen (secondary N) is 2. The van der Waals surface area contributed by atoms with E-state index in [9.17, 15) is 4.79 Å². The van der Waals surface area contributed by atoms with Gasteiger partial charge in [0.15, 0.2) is 11.5 Å². The van der Waals surface area contributed by atoms with Gasteiger partial charge in [-0.05, 0) is 6.92 Å². The molecule has 1 amide bonds. The molecular formula is C10H14N6O. The summed E-state index contributed by atoms with van der Waals surface area (Å²) in [6.07, 6.45) is 2.96. The number of likely N-dealkylation sites (N-methyl/N-ethyl adjacent to an activating group) is 1. The monoisotopic (exact) mass is 234 g/mol. The first-order valence-corrected chi connectivity index (χ1v) is 5.34. The van der Waals surface area contributed by atoms with Crippen molar-refractivity contribution in [1.82, 2.24) is 24.8 Å². The molecule has 0 aliphatic rings. The number of H-pyrrole nitrogens is 1. The van der Waals surface area contributed by atoms with E-state index < -0.39 is 0 Å². The molecule has 2 rings (SSSR count). The van der Waals surface area contributed by atoms with Gasteiger partial charge in [-0.1, -0.05) is 0 Å². The van der Waals surface area contributed by atoms with Crippen LogP contribution in [0.5, 0.6) is 0 Å². The molecule has 2 aromatic rings. The van der Waals surface area contributed by atoms with Crippen LogP contribution in [0.25, 0.3) is 11.2 Å². The predicted octanol–water partition coefficient (Wildman–Crippen LogP) is 0.243. The van der Waals surface area contributed by atoms with Crippen LogP contribution in [0.15, 0.2) is 12.7 Å². The second-order valence-corrected chi connectivity index (χ2v) is 3.58. The molecule has 7 heteroatoms. The van der Waals surface area contributed by atoms with Crippen molar-refractivity contribution in [2.75, 3.05) is 25.5 Å². The fraction of sp³-hybridized carbons (Fsp3) is 0.400. The molecule has 2 heterocycles. The van der Waals surface area contributed by atoms with Crippen LogP contribution in [-0.4, -0.2) is 50.9 Å². The molecule has 0 aromatic carbocycles. The fourth-order valence-corrected chi connectivity index (χ4v) is 1.37. The lowest BCUT2D eigenvalue weighted by Crippen LogP contribution is -2.32. The summed E-state index contributed by atoms with van der Waals surface area (Å²) in [6.45, 7) is 2.81. The Balaban J connectivity index is 2.09. The summed E-state index contributed by atoms with van der Waals surface area (Å²) in [5, 5.41) is 2.98. The number of carbonyl (C=O) groups excluding carboxylic acids is 1. The first-order valence-electron chi connectivity index (χ1n) is 5.34. The molecule has 0 saturated heterocycles. The third-order valence-electron chi connectivity index (χ3n) is 2.53. The summed E-state index contributed by atoms with van der Waals surface area (Å²) in [7, 11) is 1.76. The molecule has 17 heavy (non-hydrogen) atoms. The number of rotatable bonds is 4. The van der Waals surface area contributed by atoms with Gasteiger partial charge in [0.05, 0.1) is 12.9 Å². The molecule has 0 radical (unpaired) electrons. The van der Waals surface area contributed by atoms with Gasteiger partial charge in [0.25, 0.3) is 0 Å². The van der Waals surface area contributed by atoms with Gasteiger partial charge in [0.1, 0.15) is 11.8 Å². The van der Waals surface area contributed by atoms with Gasteiger partial charge in [-0.2, -0.15) is 0 Å². The Kier molecular flexibility index (Phi) is 3.17. The van der Waals surface area contributed by atoms with Gasteiger partial charge in [-0.25, -0.2) is 15.0 Å². The maximum Gasteiger partial charge on any atom is 0.241 e. The normalized spacial score (nSPS) is 10.5. The number of carbonyl (C=O) groups is 1. The maximum absolute atomic E-state index is 11.6. The minimum atomic E-state index is 0.0128. The number of aromatic nitrogens is 4. The fourth-order valence-electron chi connectivity index (χ4n) is 1.37. The van der Waals surface area contributed by atoms with Gasteiger partial charge in [-0.15, -0.1) is 0 Å². The summed E-state index contributed by atoms with van der Waals surface area (Å²) in [5.41, 5.74) is 1.29. The van der Waals surface area contributed by atoms with E-state index in [2.05, 4.69) is 25.3 Å². The van der Waals surface area contributed by atoms with Crippen molar-refractivity contribution < 1.29 is 4.79 Å². The van der Waals surface area contributed by atoms with Crippen LogP contribution >= 0.6 is 0 Å². The highest BCUT2D eigenvalue weighted by Gasteiger charge is 2.09. The number of aromatic amines is 1. The van der Waals surface area contributed by atoms with Crippen LogP contribution in [-0.2, 0) is 4.79 Å². The Morgan fingerprint density at radius 3 is 3.06 bits per heavy atom. The topological polar surface area (TPSA) is 86.8 Å². The summed E-state index contributed by atoms with van der Waals surface area (Å²) < 4.78 is 0. The van der Waals surface area contributed by atoms with E-state index in [4.69, 9.17) is 0 Å². The molecule has 0 fully saturated rings. The minimum Gasteiger partial charge on any atom is -0.359 e. The summed E-state index contributed by atoms with van der Waals surface area (Å²) in [5.74, 6) is 0.601. The number of nitrogens with zero attached hydrogens (tertiary/aromatic N) is 4. The zero-order chi connectivity index (χ0) is 12.3. The van der Waals surface area contributed by atoms with Crippen molar-refractivity contribution in [1.29, 1.82) is 0 Å². The van der Waals surface area contributed by atoms with Gasteiger partial charge in [0.2, 0.25) is 5.91 Å². The van der Waals surface area contributed by atoms with Crippen LogP contribution in [0.3, 0.4) is 0 Å². The van der Waals surface area contributed by atoms with Crippen molar-refractivity contribution in [3.63, 3.8) is 0 Å². The van der Waals surface area contributed by atoms with Crippen molar-refractivity contribution in [3.05, 3.63) is 12.7 Å².